The van der Waals surface area contributed by atoms with Gasteiger partial charge in [0.1, 0.15) is 23.6 Å². The molecule has 10 nitrogen and oxygen atoms in total. The first-order valence-electron chi connectivity index (χ1n) is 16.2. The molecule has 0 radical (unpaired) electrons. The van der Waals surface area contributed by atoms with Crippen molar-refractivity contribution in [2.24, 2.45) is 11.8 Å². The number of ether oxygens (including phenoxy) is 2. The summed E-state index contributed by atoms with van der Waals surface area (Å²) in [6, 6.07) is 1.89. The summed E-state index contributed by atoms with van der Waals surface area (Å²) in [7, 11) is 1.49. The number of allylic oxidation sites excluding steroid dienone is 5. The maximum absolute atomic E-state index is 13.1. The van der Waals surface area contributed by atoms with Gasteiger partial charge in [-0.15, -0.1) is 0 Å². The Hall–Kier alpha value is -3.89. The van der Waals surface area contributed by atoms with Crippen molar-refractivity contribution in [1.29, 1.82) is 0 Å². The maximum atomic E-state index is 13.1. The van der Waals surface area contributed by atoms with E-state index in [-0.39, 0.29) is 35.4 Å². The quantitative estimate of drug-likeness (QED) is 0.125. The minimum Gasteiger partial charge on any atom is -0.508 e. The number of hydrogen-bond donors (Lipinski definition) is 5. The average Bonchev–Trinajstić information content (AvgIpc) is 3.04. The zero-order valence-electron chi connectivity index (χ0n) is 27.4. The lowest BCUT2D eigenvalue weighted by Gasteiger charge is -2.29. The molecule has 1 aromatic carbocycles. The fourth-order valence-corrected chi connectivity index (χ4v) is 5.76. The van der Waals surface area contributed by atoms with E-state index in [9.17, 15) is 29.7 Å². The number of carbonyl (C=O) groups excluding carboxylic acids is 3. The molecule has 0 aromatic heterocycles. The van der Waals surface area contributed by atoms with Crippen LogP contribution >= 0.6 is 0 Å². The number of anilines is 1. The number of aliphatic hydroxyl groups excluding tert-OH is 1. The number of amides is 2. The number of rotatable bonds is 5. The van der Waals surface area contributed by atoms with Crippen LogP contribution in [0.1, 0.15) is 77.7 Å². The minimum atomic E-state index is -0.940. The highest BCUT2D eigenvalue weighted by Crippen LogP contribution is 2.34. The second kappa shape index (κ2) is 18.3. The molecule has 10 heteroatoms. The average molecular weight is 639 g/mol. The Labute approximate surface area is 272 Å². The van der Waals surface area contributed by atoms with E-state index in [1.54, 1.807) is 44.2 Å². The molecule has 2 amide bonds. The first-order chi connectivity index (χ1) is 22.0. The Bertz CT molecular complexity index is 1310. The second-order valence-corrected chi connectivity index (χ2v) is 12.3. The number of phenols is 2. The number of fused-ring (bicyclic) bond motifs is 2. The summed E-state index contributed by atoms with van der Waals surface area (Å²) in [6.45, 7) is 5.22. The van der Waals surface area contributed by atoms with Crippen LogP contribution in [0, 0.1) is 11.8 Å². The maximum Gasteiger partial charge on any atom is 0.328 e. The van der Waals surface area contributed by atoms with Crippen LogP contribution in [0.4, 0.5) is 5.69 Å². The molecule has 0 saturated heterocycles. The first kappa shape index (κ1) is 36.6. The number of esters is 1. The number of nitrogens with one attached hydrogen (secondary N) is 2. The van der Waals surface area contributed by atoms with Crippen molar-refractivity contribution in [2.75, 3.05) is 12.4 Å². The third-order valence-electron chi connectivity index (χ3n) is 8.69. The summed E-state index contributed by atoms with van der Waals surface area (Å²) in [4.78, 5) is 38.6. The topological polar surface area (TPSA) is 154 Å². The number of aryl methyl sites for hydroxylation is 1. The van der Waals surface area contributed by atoms with Crippen molar-refractivity contribution >= 4 is 23.5 Å². The molecule has 1 fully saturated rings. The van der Waals surface area contributed by atoms with Crippen molar-refractivity contribution < 1.29 is 39.2 Å². The van der Waals surface area contributed by atoms with Gasteiger partial charge in [0.15, 0.2) is 0 Å². The number of carbonyl (C=O) groups is 3. The predicted octanol–water partition coefficient (Wildman–Crippen LogP) is 5.39. The van der Waals surface area contributed by atoms with E-state index in [2.05, 4.69) is 10.6 Å². The van der Waals surface area contributed by atoms with E-state index in [1.807, 2.05) is 19.1 Å². The van der Waals surface area contributed by atoms with E-state index in [0.29, 0.717) is 30.4 Å². The van der Waals surface area contributed by atoms with Gasteiger partial charge in [-0.3, -0.25) is 9.59 Å². The minimum absolute atomic E-state index is 0.00853. The highest BCUT2D eigenvalue weighted by molar-refractivity contribution is 5.93. The largest absolute Gasteiger partial charge is 0.508 e. The summed E-state index contributed by atoms with van der Waals surface area (Å²) in [5.41, 5.74) is 1.19. The predicted molar refractivity (Wildman–Crippen MR) is 177 cm³/mol. The molecule has 2 aliphatic rings. The standard InChI is InChI=1S/C36H50N2O8/c1-23-14-13-17-27-20-28(39)21-30(34(27)42)38-32(40)22-29(45-4)18-11-6-5-7-12-19-31(24(2)33(23)41)46-36(44)25(3)37-35(43)26-15-9-8-10-16-26/h5-7,11-12,14,18,20-21,24-26,29,31,33,39,41-42H,8-10,13,15-17,19,22H2,1-4H3,(H,37,43)(H,38,40)/b6-5+,12-7+,18-11-,23-14+/t24?,25-,29?,31?,33?/m0/s1. The highest BCUT2D eigenvalue weighted by atomic mass is 16.5. The van der Waals surface area contributed by atoms with Gasteiger partial charge >= 0.3 is 5.97 Å². The molecule has 2 bridgehead atoms. The fourth-order valence-electron chi connectivity index (χ4n) is 5.76. The molecule has 4 unspecified atom stereocenters. The summed E-state index contributed by atoms with van der Waals surface area (Å²) in [5, 5.41) is 37.8. The number of benzene rings is 1. The smallest absolute Gasteiger partial charge is 0.328 e. The second-order valence-electron chi connectivity index (χ2n) is 12.3. The molecule has 1 saturated carbocycles. The number of aromatic hydroxyl groups is 2. The number of aliphatic hydroxyl groups is 1. The van der Waals surface area contributed by atoms with Crippen LogP contribution in [0.3, 0.4) is 0 Å². The van der Waals surface area contributed by atoms with Gasteiger partial charge < -0.3 is 35.4 Å². The van der Waals surface area contributed by atoms with Crippen molar-refractivity contribution in [2.45, 2.75) is 103 Å². The Morgan fingerprint density at radius 1 is 1.07 bits per heavy atom. The van der Waals surface area contributed by atoms with E-state index in [4.69, 9.17) is 9.47 Å². The van der Waals surface area contributed by atoms with Crippen molar-refractivity contribution in [1.82, 2.24) is 5.32 Å². The van der Waals surface area contributed by atoms with Gasteiger partial charge in [-0.25, -0.2) is 4.79 Å². The van der Waals surface area contributed by atoms with Gasteiger partial charge in [-0.2, -0.15) is 0 Å². The lowest BCUT2D eigenvalue weighted by Crippen LogP contribution is -2.45. The zero-order chi connectivity index (χ0) is 33.6. The van der Waals surface area contributed by atoms with E-state index in [0.717, 1.165) is 32.1 Å². The Morgan fingerprint density at radius 2 is 1.78 bits per heavy atom. The van der Waals surface area contributed by atoms with Crippen molar-refractivity contribution in [3.8, 4) is 11.5 Å². The van der Waals surface area contributed by atoms with Gasteiger partial charge in [-0.1, -0.05) is 68.7 Å². The molecule has 5 atom stereocenters. The summed E-state index contributed by atoms with van der Waals surface area (Å²) < 4.78 is 11.3. The molecule has 0 spiro atoms. The zero-order valence-corrected chi connectivity index (χ0v) is 27.4. The van der Waals surface area contributed by atoms with Crippen LogP contribution in [0.5, 0.6) is 11.5 Å². The van der Waals surface area contributed by atoms with E-state index < -0.39 is 42.1 Å². The number of hydrogen-bond acceptors (Lipinski definition) is 8. The Morgan fingerprint density at radius 3 is 2.50 bits per heavy atom. The number of methoxy groups -OCH3 is 1. The first-order valence-corrected chi connectivity index (χ1v) is 16.2. The third-order valence-corrected chi connectivity index (χ3v) is 8.69. The summed E-state index contributed by atoms with van der Waals surface area (Å²) in [5.74, 6) is -1.90. The summed E-state index contributed by atoms with van der Waals surface area (Å²) >= 11 is 0. The van der Waals surface area contributed by atoms with Gasteiger partial charge in [0, 0.05) is 31.4 Å². The molecule has 252 valence electrons. The lowest BCUT2D eigenvalue weighted by atomic mass is 9.88. The van der Waals surface area contributed by atoms with E-state index >= 15 is 0 Å². The molecule has 1 aromatic rings. The van der Waals surface area contributed by atoms with Crippen LogP contribution < -0.4 is 10.6 Å². The van der Waals surface area contributed by atoms with Crippen LogP contribution in [0.2, 0.25) is 0 Å². The summed E-state index contributed by atoms with van der Waals surface area (Å²) in [6.07, 6.45) is 16.2. The van der Waals surface area contributed by atoms with Gasteiger partial charge in [0.05, 0.1) is 24.3 Å². The monoisotopic (exact) mass is 638 g/mol. The van der Waals surface area contributed by atoms with E-state index in [1.165, 1.54) is 19.2 Å². The van der Waals surface area contributed by atoms with Crippen LogP contribution in [-0.2, 0) is 30.3 Å². The molecule has 1 heterocycles. The molecule has 3 rings (SSSR count). The van der Waals surface area contributed by atoms with Crippen LogP contribution in [0.25, 0.3) is 0 Å². The normalized spacial score (nSPS) is 27.8. The lowest BCUT2D eigenvalue weighted by molar-refractivity contribution is -0.156. The third kappa shape index (κ3) is 11.2. The fraction of sp³-hybridized carbons (Fsp3) is 0.528. The molecular weight excluding hydrogens is 588 g/mol. The van der Waals surface area contributed by atoms with Crippen molar-refractivity contribution in [3.63, 3.8) is 0 Å². The Kier molecular flexibility index (Phi) is 14.6. The molecule has 46 heavy (non-hydrogen) atoms. The molecule has 1 aliphatic heterocycles. The van der Waals surface area contributed by atoms with Gasteiger partial charge in [0.25, 0.3) is 0 Å². The highest BCUT2D eigenvalue weighted by Gasteiger charge is 2.31. The molecular formula is C36H50N2O8. The van der Waals surface area contributed by atoms with Gasteiger partial charge in [-0.05, 0) is 56.7 Å². The van der Waals surface area contributed by atoms with Gasteiger partial charge in [0.2, 0.25) is 11.8 Å². The number of phenolic OH excluding ortho intramolecular Hbond substituents is 2. The molecule has 5 N–H and O–H groups in total. The van der Waals surface area contributed by atoms with Crippen molar-refractivity contribution in [3.05, 3.63) is 65.8 Å². The van der Waals surface area contributed by atoms with Crippen LogP contribution in [0.15, 0.2) is 60.2 Å². The Balaban J connectivity index is 1.82. The SMILES string of the molecule is COC1\C=C/C=C/C=C/CC(OC(=O)[C@H](C)NC(=O)C2CCCCC2)C(C)C(O)/C(C)=C/CCc2cc(O)cc(c2O)NC(=O)C1. The van der Waals surface area contributed by atoms with Crippen LogP contribution in [-0.4, -0.2) is 64.6 Å². The molecule has 1 aliphatic carbocycles.